The molecule has 0 aromatic heterocycles. The first-order chi connectivity index (χ1) is 21.6. The molecule has 0 saturated heterocycles. The van der Waals surface area contributed by atoms with Gasteiger partial charge in [0.15, 0.2) is 0 Å². The lowest BCUT2D eigenvalue weighted by Crippen LogP contribution is -2.30. The van der Waals surface area contributed by atoms with Crippen LogP contribution in [0.2, 0.25) is 10.0 Å². The molecule has 0 aliphatic heterocycles. The Bertz CT molecular complexity index is 1730. The topological polar surface area (TPSA) is 106 Å². The molecule has 0 saturated carbocycles. The SMILES string of the molecule is COc1cc(OC)c(NC(=O)C(C)Sc2cccc(NC(=O)/C(=C\c3c(F)cccc3Cl)NC(=O)c3ccccc3)c2)cc1Cl. The first kappa shape index (κ1) is 33.4. The predicted octanol–water partition coefficient (Wildman–Crippen LogP) is 7.68. The van der Waals surface area contributed by atoms with Gasteiger partial charge < -0.3 is 25.4 Å². The van der Waals surface area contributed by atoms with Crippen LogP contribution < -0.4 is 25.4 Å². The van der Waals surface area contributed by atoms with Gasteiger partial charge in [-0.2, -0.15) is 0 Å². The molecule has 1 atom stereocenters. The average molecular weight is 669 g/mol. The van der Waals surface area contributed by atoms with E-state index >= 15 is 0 Å². The van der Waals surface area contributed by atoms with Crippen LogP contribution in [0.5, 0.6) is 11.5 Å². The molecule has 4 aromatic rings. The highest BCUT2D eigenvalue weighted by Crippen LogP contribution is 2.36. The summed E-state index contributed by atoms with van der Waals surface area (Å²) in [5.74, 6) is -1.47. The van der Waals surface area contributed by atoms with Crippen molar-refractivity contribution < 1.29 is 28.2 Å². The van der Waals surface area contributed by atoms with Gasteiger partial charge in [0, 0.05) is 27.8 Å². The summed E-state index contributed by atoms with van der Waals surface area (Å²) >= 11 is 13.7. The van der Waals surface area contributed by atoms with E-state index in [1.807, 2.05) is 0 Å². The van der Waals surface area contributed by atoms with E-state index in [0.29, 0.717) is 38.4 Å². The molecule has 0 fully saturated rings. The van der Waals surface area contributed by atoms with Crippen molar-refractivity contribution >= 4 is 70.1 Å². The number of benzene rings is 4. The van der Waals surface area contributed by atoms with E-state index < -0.39 is 22.9 Å². The van der Waals surface area contributed by atoms with E-state index in [-0.39, 0.29) is 22.2 Å². The molecular formula is C33H28Cl2FN3O5S. The molecule has 0 aliphatic rings. The molecule has 3 amide bonds. The van der Waals surface area contributed by atoms with E-state index in [0.717, 1.165) is 0 Å². The Morgan fingerprint density at radius 3 is 2.24 bits per heavy atom. The number of ether oxygens (including phenoxy) is 2. The van der Waals surface area contributed by atoms with Crippen LogP contribution in [0, 0.1) is 5.82 Å². The van der Waals surface area contributed by atoms with Crippen LogP contribution in [0.15, 0.2) is 95.5 Å². The quantitative estimate of drug-likeness (QED) is 0.112. The van der Waals surface area contributed by atoms with Gasteiger partial charge in [-0.1, -0.05) is 53.5 Å². The van der Waals surface area contributed by atoms with E-state index in [4.69, 9.17) is 32.7 Å². The Hall–Kier alpha value is -4.51. The minimum atomic E-state index is -0.713. The molecule has 3 N–H and O–H groups in total. The number of hydrogen-bond acceptors (Lipinski definition) is 6. The molecular weight excluding hydrogens is 640 g/mol. The average Bonchev–Trinajstić information content (AvgIpc) is 3.02. The highest BCUT2D eigenvalue weighted by atomic mass is 35.5. The lowest BCUT2D eigenvalue weighted by Gasteiger charge is -2.16. The molecule has 0 spiro atoms. The van der Waals surface area contributed by atoms with Gasteiger partial charge in [0.25, 0.3) is 11.8 Å². The summed E-state index contributed by atoms with van der Waals surface area (Å²) in [5, 5.41) is 7.91. The van der Waals surface area contributed by atoms with Crippen molar-refractivity contribution in [2.45, 2.75) is 17.1 Å². The summed E-state index contributed by atoms with van der Waals surface area (Å²) in [6.45, 7) is 1.72. The van der Waals surface area contributed by atoms with E-state index in [9.17, 15) is 18.8 Å². The fraction of sp³-hybridized carbons (Fsp3) is 0.121. The zero-order chi connectivity index (χ0) is 32.5. The third-order valence-electron chi connectivity index (χ3n) is 6.32. The smallest absolute Gasteiger partial charge is 0.272 e. The molecule has 4 aromatic carbocycles. The van der Waals surface area contributed by atoms with Crippen LogP contribution in [-0.2, 0) is 9.59 Å². The first-order valence-electron chi connectivity index (χ1n) is 13.4. The molecule has 8 nitrogen and oxygen atoms in total. The Morgan fingerprint density at radius 2 is 1.56 bits per heavy atom. The maximum atomic E-state index is 14.6. The summed E-state index contributed by atoms with van der Waals surface area (Å²) < 4.78 is 25.2. The molecule has 4 rings (SSSR count). The highest BCUT2D eigenvalue weighted by molar-refractivity contribution is 8.00. The van der Waals surface area contributed by atoms with Crippen molar-refractivity contribution in [3.05, 3.63) is 118 Å². The number of nitrogens with one attached hydrogen (secondary N) is 3. The Kier molecular flexibility index (Phi) is 11.5. The Morgan fingerprint density at radius 1 is 0.844 bits per heavy atom. The number of thioether (sulfide) groups is 1. The summed E-state index contributed by atoms with van der Waals surface area (Å²) in [6.07, 6.45) is 1.18. The second-order valence-corrected chi connectivity index (χ2v) is 11.7. The van der Waals surface area contributed by atoms with Crippen molar-refractivity contribution in [1.29, 1.82) is 0 Å². The molecule has 1 unspecified atom stereocenters. The highest BCUT2D eigenvalue weighted by Gasteiger charge is 2.20. The lowest BCUT2D eigenvalue weighted by atomic mass is 10.1. The van der Waals surface area contributed by atoms with Gasteiger partial charge in [0.05, 0.1) is 35.2 Å². The van der Waals surface area contributed by atoms with Gasteiger partial charge in [0.2, 0.25) is 5.91 Å². The monoisotopic (exact) mass is 667 g/mol. The van der Waals surface area contributed by atoms with Crippen LogP contribution >= 0.6 is 35.0 Å². The van der Waals surface area contributed by atoms with Crippen molar-refractivity contribution in [3.63, 3.8) is 0 Å². The minimum Gasteiger partial charge on any atom is -0.495 e. The van der Waals surface area contributed by atoms with Crippen LogP contribution in [0.4, 0.5) is 15.8 Å². The third kappa shape index (κ3) is 8.78. The van der Waals surface area contributed by atoms with E-state index in [1.54, 1.807) is 73.7 Å². The molecule has 232 valence electrons. The fourth-order valence-electron chi connectivity index (χ4n) is 4.03. The molecule has 0 aliphatic carbocycles. The van der Waals surface area contributed by atoms with Gasteiger partial charge in [-0.05, 0) is 61.5 Å². The standard InChI is InChI=1S/C33H28Cl2FN3O5S/c1-19(31(40)38-27-17-25(35)29(43-2)18-30(27)44-3)45-22-12-7-11-21(15-22)37-33(42)28(16-23-24(34)13-8-14-26(23)36)39-32(41)20-9-5-4-6-10-20/h4-19H,1-3H3,(H,37,42)(H,38,40)(H,39,41)/b28-16+. The number of amides is 3. The molecule has 0 radical (unpaired) electrons. The second kappa shape index (κ2) is 15.5. The summed E-state index contributed by atoms with van der Waals surface area (Å²) in [5.41, 5.74) is 0.774. The Balaban J connectivity index is 1.51. The number of carbonyl (C=O) groups is 3. The Labute approximate surface area is 273 Å². The summed E-state index contributed by atoms with van der Waals surface area (Å²) in [7, 11) is 2.94. The van der Waals surface area contributed by atoms with Gasteiger partial charge >= 0.3 is 0 Å². The van der Waals surface area contributed by atoms with Crippen LogP contribution in [0.25, 0.3) is 6.08 Å². The first-order valence-corrected chi connectivity index (χ1v) is 15.1. The largest absolute Gasteiger partial charge is 0.495 e. The van der Waals surface area contributed by atoms with Crippen LogP contribution in [0.1, 0.15) is 22.8 Å². The number of anilines is 2. The molecule has 12 heteroatoms. The van der Waals surface area contributed by atoms with Gasteiger partial charge in [-0.15, -0.1) is 11.8 Å². The molecule has 0 bridgehead atoms. The number of carbonyl (C=O) groups excluding carboxylic acids is 3. The normalized spacial score (nSPS) is 11.7. The van der Waals surface area contributed by atoms with Crippen molar-refractivity contribution in [2.75, 3.05) is 24.9 Å². The van der Waals surface area contributed by atoms with Gasteiger partial charge in [-0.25, -0.2) is 4.39 Å². The maximum absolute atomic E-state index is 14.6. The minimum absolute atomic E-state index is 0.0587. The predicted molar refractivity (Wildman–Crippen MR) is 177 cm³/mol. The number of rotatable bonds is 11. The van der Waals surface area contributed by atoms with Crippen LogP contribution in [-0.4, -0.2) is 37.2 Å². The fourth-order valence-corrected chi connectivity index (χ4v) is 5.42. The maximum Gasteiger partial charge on any atom is 0.272 e. The molecule has 45 heavy (non-hydrogen) atoms. The van der Waals surface area contributed by atoms with Crippen molar-refractivity contribution in [1.82, 2.24) is 5.32 Å². The van der Waals surface area contributed by atoms with E-state index in [2.05, 4.69) is 16.0 Å². The second-order valence-electron chi connectivity index (χ2n) is 9.43. The third-order valence-corrected chi connectivity index (χ3v) is 8.04. The number of methoxy groups -OCH3 is 2. The summed E-state index contributed by atoms with van der Waals surface area (Å²) in [4.78, 5) is 40.0. The van der Waals surface area contributed by atoms with Gasteiger partial charge in [-0.3, -0.25) is 14.4 Å². The summed E-state index contributed by atoms with van der Waals surface area (Å²) in [6, 6.07) is 22.3. The lowest BCUT2D eigenvalue weighted by molar-refractivity contribution is -0.115. The van der Waals surface area contributed by atoms with Crippen LogP contribution in [0.3, 0.4) is 0 Å². The van der Waals surface area contributed by atoms with E-state index in [1.165, 1.54) is 50.3 Å². The molecule has 0 heterocycles. The zero-order valence-corrected chi connectivity index (χ0v) is 26.6. The number of hydrogen-bond donors (Lipinski definition) is 3. The number of halogens is 3. The zero-order valence-electron chi connectivity index (χ0n) is 24.3. The van der Waals surface area contributed by atoms with Crippen molar-refractivity contribution in [2.24, 2.45) is 0 Å². The van der Waals surface area contributed by atoms with Crippen molar-refractivity contribution in [3.8, 4) is 11.5 Å². The van der Waals surface area contributed by atoms with Gasteiger partial charge in [0.1, 0.15) is 23.0 Å².